The molecule has 0 aromatic carbocycles. The fraction of sp³-hybridized carbons (Fsp3) is 0.500. The van der Waals surface area contributed by atoms with Gasteiger partial charge in [-0.1, -0.05) is 6.92 Å². The first-order valence-electron chi connectivity index (χ1n) is 4.14. The Balaban J connectivity index is 2.16. The number of anilines is 1. The molecule has 0 saturated carbocycles. The number of nitrogens with zero attached hydrogens (tertiary/aromatic N) is 2. The first kappa shape index (κ1) is 8.93. The molecule has 66 valence electrons. The minimum absolute atomic E-state index is 0.829. The monoisotopic (exact) mass is 166 g/mol. The van der Waals surface area contributed by atoms with E-state index >= 15 is 0 Å². The average Bonchev–Trinajstić information content (AvgIpc) is 2.14. The summed E-state index contributed by atoms with van der Waals surface area (Å²) in [5, 5.41) is 6.35. The highest BCUT2D eigenvalue weighted by molar-refractivity contribution is 5.29. The predicted octanol–water partition coefficient (Wildman–Crippen LogP) is 0.498. The second-order valence-electron chi connectivity index (χ2n) is 2.37. The molecular weight excluding hydrogens is 152 g/mol. The summed E-state index contributed by atoms with van der Waals surface area (Å²) < 4.78 is 0. The van der Waals surface area contributed by atoms with Crippen LogP contribution in [0, 0.1) is 0 Å². The Kier molecular flexibility index (Phi) is 4.08. The maximum absolute atomic E-state index is 4.07. The van der Waals surface area contributed by atoms with E-state index < -0.39 is 0 Å². The Morgan fingerprint density at radius 3 is 2.92 bits per heavy atom. The van der Waals surface area contributed by atoms with Crippen molar-refractivity contribution in [2.24, 2.45) is 0 Å². The lowest BCUT2D eigenvalue weighted by molar-refractivity contribution is 0.737. The molecular formula is C8H14N4. The van der Waals surface area contributed by atoms with Crippen LogP contribution < -0.4 is 10.6 Å². The number of likely N-dealkylation sites (N-methyl/N-ethyl adjacent to an activating group) is 1. The van der Waals surface area contributed by atoms with Crippen molar-refractivity contribution < 1.29 is 0 Å². The largest absolute Gasteiger partial charge is 0.368 e. The molecule has 1 rings (SSSR count). The van der Waals surface area contributed by atoms with Gasteiger partial charge in [0.15, 0.2) is 0 Å². The molecule has 0 atom stereocenters. The maximum atomic E-state index is 4.07. The van der Waals surface area contributed by atoms with Crippen LogP contribution in [0.4, 0.5) is 5.82 Å². The van der Waals surface area contributed by atoms with Gasteiger partial charge in [0.1, 0.15) is 5.82 Å². The van der Waals surface area contributed by atoms with Crippen molar-refractivity contribution in [1.29, 1.82) is 0 Å². The Labute approximate surface area is 72.4 Å². The van der Waals surface area contributed by atoms with E-state index in [-0.39, 0.29) is 0 Å². The molecule has 0 radical (unpaired) electrons. The van der Waals surface area contributed by atoms with E-state index in [0.717, 1.165) is 25.5 Å². The van der Waals surface area contributed by atoms with Crippen molar-refractivity contribution in [2.45, 2.75) is 6.92 Å². The van der Waals surface area contributed by atoms with Gasteiger partial charge in [0, 0.05) is 25.5 Å². The van der Waals surface area contributed by atoms with Gasteiger partial charge in [-0.2, -0.15) is 0 Å². The number of hydrogen-bond donors (Lipinski definition) is 2. The van der Waals surface area contributed by atoms with E-state index in [1.165, 1.54) is 0 Å². The fourth-order valence-electron chi connectivity index (χ4n) is 0.846. The molecule has 0 bridgehead atoms. The highest BCUT2D eigenvalue weighted by atomic mass is 15.0. The quantitative estimate of drug-likeness (QED) is 0.625. The highest BCUT2D eigenvalue weighted by Gasteiger charge is 1.89. The topological polar surface area (TPSA) is 49.8 Å². The number of nitrogens with one attached hydrogen (secondary N) is 2. The average molecular weight is 166 g/mol. The number of aromatic nitrogens is 2. The molecule has 0 aliphatic heterocycles. The molecule has 0 fully saturated rings. The smallest absolute Gasteiger partial charge is 0.144 e. The maximum Gasteiger partial charge on any atom is 0.144 e. The first-order valence-corrected chi connectivity index (χ1v) is 4.14. The van der Waals surface area contributed by atoms with E-state index in [2.05, 4.69) is 27.5 Å². The van der Waals surface area contributed by atoms with Crippen LogP contribution in [0.2, 0.25) is 0 Å². The summed E-state index contributed by atoms with van der Waals surface area (Å²) in [5.41, 5.74) is 0. The van der Waals surface area contributed by atoms with Crippen molar-refractivity contribution in [3.05, 3.63) is 18.6 Å². The van der Waals surface area contributed by atoms with Gasteiger partial charge in [0.25, 0.3) is 0 Å². The van der Waals surface area contributed by atoms with Crippen LogP contribution in [0.15, 0.2) is 18.6 Å². The van der Waals surface area contributed by atoms with Crippen LogP contribution in [0.5, 0.6) is 0 Å². The molecule has 1 aromatic rings. The molecule has 0 aliphatic carbocycles. The first-order chi connectivity index (χ1) is 5.93. The minimum Gasteiger partial charge on any atom is -0.368 e. The van der Waals surface area contributed by atoms with Gasteiger partial charge in [-0.3, -0.25) is 4.98 Å². The van der Waals surface area contributed by atoms with Gasteiger partial charge < -0.3 is 10.6 Å². The van der Waals surface area contributed by atoms with Crippen LogP contribution in [-0.2, 0) is 0 Å². The van der Waals surface area contributed by atoms with Crippen LogP contribution in [0.1, 0.15) is 6.92 Å². The Morgan fingerprint density at radius 2 is 2.25 bits per heavy atom. The van der Waals surface area contributed by atoms with Crippen molar-refractivity contribution in [3.63, 3.8) is 0 Å². The minimum atomic E-state index is 0.829. The van der Waals surface area contributed by atoms with E-state index in [4.69, 9.17) is 0 Å². The molecule has 4 heteroatoms. The third kappa shape index (κ3) is 3.30. The molecule has 12 heavy (non-hydrogen) atoms. The molecule has 0 unspecified atom stereocenters. The summed E-state index contributed by atoms with van der Waals surface area (Å²) in [7, 11) is 0. The Hall–Kier alpha value is -1.16. The molecule has 1 aromatic heterocycles. The van der Waals surface area contributed by atoms with Crippen molar-refractivity contribution in [1.82, 2.24) is 15.3 Å². The summed E-state index contributed by atoms with van der Waals surface area (Å²) in [6.07, 6.45) is 5.05. The second-order valence-corrected chi connectivity index (χ2v) is 2.37. The summed E-state index contributed by atoms with van der Waals surface area (Å²) in [4.78, 5) is 8.01. The van der Waals surface area contributed by atoms with Crippen molar-refractivity contribution in [2.75, 3.05) is 25.0 Å². The van der Waals surface area contributed by atoms with Gasteiger partial charge in [0.2, 0.25) is 0 Å². The fourth-order valence-corrected chi connectivity index (χ4v) is 0.846. The van der Waals surface area contributed by atoms with E-state index in [9.17, 15) is 0 Å². The summed E-state index contributed by atoms with van der Waals surface area (Å²) in [5.74, 6) is 0.829. The highest BCUT2D eigenvalue weighted by Crippen LogP contribution is 1.94. The van der Waals surface area contributed by atoms with E-state index in [1.807, 2.05) is 0 Å². The second kappa shape index (κ2) is 5.49. The third-order valence-electron chi connectivity index (χ3n) is 1.42. The molecule has 0 aliphatic rings. The molecule has 1 heterocycles. The van der Waals surface area contributed by atoms with Crippen LogP contribution >= 0.6 is 0 Å². The molecule has 0 amide bonds. The summed E-state index contributed by atoms with van der Waals surface area (Å²) >= 11 is 0. The van der Waals surface area contributed by atoms with E-state index in [1.54, 1.807) is 18.6 Å². The van der Waals surface area contributed by atoms with Gasteiger partial charge in [-0.25, -0.2) is 4.98 Å². The standard InChI is InChI=1S/C8H14N4/c1-2-9-3-5-11-8-7-10-4-6-12-8/h4,6-7,9H,2-3,5H2,1H3,(H,11,12). The lowest BCUT2D eigenvalue weighted by Gasteiger charge is -2.03. The SMILES string of the molecule is CCNCCNc1cnccn1. The lowest BCUT2D eigenvalue weighted by Crippen LogP contribution is -2.21. The van der Waals surface area contributed by atoms with Gasteiger partial charge in [-0.05, 0) is 6.54 Å². The molecule has 4 nitrogen and oxygen atoms in total. The number of hydrogen-bond acceptors (Lipinski definition) is 4. The van der Waals surface area contributed by atoms with E-state index in [0.29, 0.717) is 0 Å². The van der Waals surface area contributed by atoms with Gasteiger partial charge >= 0.3 is 0 Å². The molecule has 0 saturated heterocycles. The predicted molar refractivity (Wildman–Crippen MR) is 49.1 cm³/mol. The zero-order valence-electron chi connectivity index (χ0n) is 7.25. The van der Waals surface area contributed by atoms with Crippen LogP contribution in [0.25, 0.3) is 0 Å². The third-order valence-corrected chi connectivity index (χ3v) is 1.42. The zero-order valence-corrected chi connectivity index (χ0v) is 7.25. The molecule has 0 spiro atoms. The summed E-state index contributed by atoms with van der Waals surface area (Å²) in [6, 6.07) is 0. The lowest BCUT2D eigenvalue weighted by atomic mass is 10.5. The van der Waals surface area contributed by atoms with Gasteiger partial charge in [-0.15, -0.1) is 0 Å². The Bertz CT molecular complexity index is 199. The van der Waals surface area contributed by atoms with Crippen LogP contribution in [-0.4, -0.2) is 29.6 Å². The Morgan fingerprint density at radius 1 is 1.33 bits per heavy atom. The summed E-state index contributed by atoms with van der Waals surface area (Å²) in [6.45, 7) is 4.92. The van der Waals surface area contributed by atoms with Crippen molar-refractivity contribution in [3.8, 4) is 0 Å². The van der Waals surface area contributed by atoms with Crippen molar-refractivity contribution >= 4 is 5.82 Å². The normalized spacial score (nSPS) is 9.75. The van der Waals surface area contributed by atoms with Crippen LogP contribution in [0.3, 0.4) is 0 Å². The zero-order chi connectivity index (χ0) is 8.65. The molecule has 2 N–H and O–H groups in total. The van der Waals surface area contributed by atoms with Gasteiger partial charge in [0.05, 0.1) is 6.20 Å². The number of rotatable bonds is 5.